The van der Waals surface area contributed by atoms with E-state index in [-0.39, 0.29) is 6.61 Å². The van der Waals surface area contributed by atoms with Crippen LogP contribution in [0.4, 0.5) is 11.4 Å². The predicted octanol–water partition coefficient (Wildman–Crippen LogP) is 3.40. The van der Waals surface area contributed by atoms with Gasteiger partial charge in [0.15, 0.2) is 0 Å². The zero-order valence-electron chi connectivity index (χ0n) is 11.6. The van der Waals surface area contributed by atoms with Gasteiger partial charge >= 0.3 is 0 Å². The van der Waals surface area contributed by atoms with Gasteiger partial charge in [0, 0.05) is 34.9 Å². The molecule has 1 unspecified atom stereocenters. The molecule has 1 aromatic carbocycles. The van der Waals surface area contributed by atoms with Crippen molar-refractivity contribution >= 4 is 38.2 Å². The molecule has 0 saturated carbocycles. The number of anilines is 2. The summed E-state index contributed by atoms with van der Waals surface area (Å²) < 4.78 is 0.922. The highest BCUT2D eigenvalue weighted by Gasteiger charge is 2.06. The van der Waals surface area contributed by atoms with Gasteiger partial charge in [-0.05, 0) is 52.9 Å². The van der Waals surface area contributed by atoms with Crippen molar-refractivity contribution in [2.75, 3.05) is 24.2 Å². The predicted molar refractivity (Wildman–Crippen MR) is 87.8 cm³/mol. The number of fused-ring (bicyclic) bond motifs is 1. The third kappa shape index (κ3) is 3.61. The summed E-state index contributed by atoms with van der Waals surface area (Å²) >= 11 is 3.42. The second-order valence-corrected chi connectivity index (χ2v) is 6.02. The van der Waals surface area contributed by atoms with Crippen molar-refractivity contribution in [2.24, 2.45) is 5.92 Å². The Morgan fingerprint density at radius 2 is 2.25 bits per heavy atom. The lowest BCUT2D eigenvalue weighted by Crippen LogP contribution is -2.07. The molecule has 0 bridgehead atoms. The Bertz CT molecular complexity index is 589. The van der Waals surface area contributed by atoms with Crippen LogP contribution < -0.4 is 11.1 Å². The minimum absolute atomic E-state index is 0.250. The lowest BCUT2D eigenvalue weighted by atomic mass is 10.1. The van der Waals surface area contributed by atoms with E-state index in [1.807, 2.05) is 18.2 Å². The van der Waals surface area contributed by atoms with Gasteiger partial charge in [0.25, 0.3) is 0 Å². The third-order valence-electron chi connectivity index (χ3n) is 3.35. The first-order valence-electron chi connectivity index (χ1n) is 6.80. The lowest BCUT2D eigenvalue weighted by molar-refractivity contribution is 0.229. The number of pyridine rings is 1. The zero-order valence-corrected chi connectivity index (χ0v) is 13.2. The molecule has 4 nitrogen and oxygen atoms in total. The van der Waals surface area contributed by atoms with Crippen LogP contribution in [0.3, 0.4) is 0 Å². The van der Waals surface area contributed by atoms with Gasteiger partial charge in [0.2, 0.25) is 0 Å². The number of hydrogen-bond acceptors (Lipinski definition) is 4. The van der Waals surface area contributed by atoms with Crippen molar-refractivity contribution in [3.8, 4) is 0 Å². The SMILES string of the molecule is CC(CO)CCCNc1ccc(N)c2cc(Br)cnc12. The Kier molecular flexibility index (Phi) is 5.20. The summed E-state index contributed by atoms with van der Waals surface area (Å²) in [4.78, 5) is 4.44. The minimum Gasteiger partial charge on any atom is -0.398 e. The first kappa shape index (κ1) is 15.1. The normalized spacial score (nSPS) is 12.6. The molecule has 5 heteroatoms. The highest BCUT2D eigenvalue weighted by Crippen LogP contribution is 2.28. The van der Waals surface area contributed by atoms with Gasteiger partial charge in [-0.25, -0.2) is 0 Å². The summed E-state index contributed by atoms with van der Waals surface area (Å²) in [6.45, 7) is 3.17. The number of rotatable bonds is 6. The molecule has 1 aromatic heterocycles. The summed E-state index contributed by atoms with van der Waals surface area (Å²) in [5.41, 5.74) is 8.61. The second-order valence-electron chi connectivity index (χ2n) is 5.11. The maximum absolute atomic E-state index is 9.00. The molecule has 0 saturated heterocycles. The van der Waals surface area contributed by atoms with Gasteiger partial charge in [0.1, 0.15) is 0 Å². The van der Waals surface area contributed by atoms with Crippen LogP contribution in [0.15, 0.2) is 28.9 Å². The number of benzene rings is 1. The van der Waals surface area contributed by atoms with Crippen molar-refractivity contribution in [3.05, 3.63) is 28.9 Å². The van der Waals surface area contributed by atoms with Gasteiger partial charge < -0.3 is 16.2 Å². The third-order valence-corrected chi connectivity index (χ3v) is 3.78. The quantitative estimate of drug-likeness (QED) is 0.558. The van der Waals surface area contributed by atoms with E-state index in [0.29, 0.717) is 5.92 Å². The number of aromatic nitrogens is 1. The molecule has 0 amide bonds. The fourth-order valence-corrected chi connectivity index (χ4v) is 2.45. The highest BCUT2D eigenvalue weighted by atomic mass is 79.9. The van der Waals surface area contributed by atoms with Crippen LogP contribution >= 0.6 is 15.9 Å². The van der Waals surface area contributed by atoms with Crippen molar-refractivity contribution in [3.63, 3.8) is 0 Å². The first-order chi connectivity index (χ1) is 9.61. The van der Waals surface area contributed by atoms with Crippen LogP contribution in [0.5, 0.6) is 0 Å². The van der Waals surface area contributed by atoms with Crippen molar-refractivity contribution in [1.29, 1.82) is 0 Å². The molecule has 2 aromatic rings. The Balaban J connectivity index is 2.09. The van der Waals surface area contributed by atoms with Crippen LogP contribution in [0.2, 0.25) is 0 Å². The molecule has 20 heavy (non-hydrogen) atoms. The standard InChI is InChI=1S/C15H20BrN3O/c1-10(9-20)3-2-6-18-14-5-4-13(17)12-7-11(16)8-19-15(12)14/h4-5,7-8,10,18,20H,2-3,6,9,17H2,1H3. The fourth-order valence-electron chi connectivity index (χ4n) is 2.12. The molecule has 0 fully saturated rings. The summed E-state index contributed by atoms with van der Waals surface area (Å²) in [5, 5.41) is 13.4. The molecule has 0 aliphatic heterocycles. The zero-order chi connectivity index (χ0) is 14.5. The average Bonchev–Trinajstić information content (AvgIpc) is 2.45. The maximum Gasteiger partial charge on any atom is 0.0954 e. The van der Waals surface area contributed by atoms with E-state index in [0.717, 1.165) is 46.1 Å². The molecular formula is C15H20BrN3O. The Labute approximate surface area is 127 Å². The van der Waals surface area contributed by atoms with Gasteiger partial charge in [-0.15, -0.1) is 0 Å². The number of aliphatic hydroxyl groups is 1. The molecule has 0 radical (unpaired) electrons. The van der Waals surface area contributed by atoms with Crippen LogP contribution in [0.1, 0.15) is 19.8 Å². The Morgan fingerprint density at radius 1 is 1.45 bits per heavy atom. The summed E-state index contributed by atoms with van der Waals surface area (Å²) in [6.07, 6.45) is 3.81. The maximum atomic E-state index is 9.00. The van der Waals surface area contributed by atoms with E-state index in [1.165, 1.54) is 0 Å². The summed E-state index contributed by atoms with van der Waals surface area (Å²) in [6, 6.07) is 5.85. The summed E-state index contributed by atoms with van der Waals surface area (Å²) in [5.74, 6) is 0.356. The van der Waals surface area contributed by atoms with Gasteiger partial charge in [-0.1, -0.05) is 6.92 Å². The molecule has 4 N–H and O–H groups in total. The molecule has 0 spiro atoms. The van der Waals surface area contributed by atoms with Gasteiger partial charge in [0.05, 0.1) is 11.2 Å². The number of aliphatic hydroxyl groups excluding tert-OH is 1. The highest BCUT2D eigenvalue weighted by molar-refractivity contribution is 9.10. The van der Waals surface area contributed by atoms with Gasteiger partial charge in [-0.2, -0.15) is 0 Å². The molecule has 1 heterocycles. The number of nitrogens with two attached hydrogens (primary N) is 1. The van der Waals surface area contributed by atoms with Crippen LogP contribution in [-0.2, 0) is 0 Å². The Hall–Kier alpha value is -1.33. The van der Waals surface area contributed by atoms with Crippen LogP contribution in [0.25, 0.3) is 10.9 Å². The van der Waals surface area contributed by atoms with Crippen molar-refractivity contribution < 1.29 is 5.11 Å². The van der Waals surface area contributed by atoms with Gasteiger partial charge in [-0.3, -0.25) is 4.98 Å². The molecule has 2 rings (SSSR count). The fraction of sp³-hybridized carbons (Fsp3) is 0.400. The second kappa shape index (κ2) is 6.90. The van der Waals surface area contributed by atoms with Crippen LogP contribution in [0, 0.1) is 5.92 Å². The van der Waals surface area contributed by atoms with E-state index in [2.05, 4.69) is 33.2 Å². The van der Waals surface area contributed by atoms with E-state index in [1.54, 1.807) is 6.20 Å². The first-order valence-corrected chi connectivity index (χ1v) is 7.59. The van der Waals surface area contributed by atoms with Crippen molar-refractivity contribution in [2.45, 2.75) is 19.8 Å². The topological polar surface area (TPSA) is 71.2 Å². The largest absolute Gasteiger partial charge is 0.398 e. The van der Waals surface area contributed by atoms with E-state index < -0.39 is 0 Å². The summed E-state index contributed by atoms with van der Waals surface area (Å²) in [7, 11) is 0. The molecule has 0 aliphatic carbocycles. The number of nitrogen functional groups attached to an aromatic ring is 1. The number of halogens is 1. The minimum atomic E-state index is 0.250. The van der Waals surface area contributed by atoms with E-state index in [9.17, 15) is 0 Å². The number of nitrogens with zero attached hydrogens (tertiary/aromatic N) is 1. The number of nitrogens with one attached hydrogen (secondary N) is 1. The molecule has 1 atom stereocenters. The van der Waals surface area contributed by atoms with Crippen molar-refractivity contribution in [1.82, 2.24) is 4.98 Å². The van der Waals surface area contributed by atoms with Crippen LogP contribution in [-0.4, -0.2) is 23.2 Å². The monoisotopic (exact) mass is 337 g/mol. The van der Waals surface area contributed by atoms with E-state index >= 15 is 0 Å². The smallest absolute Gasteiger partial charge is 0.0954 e. The molecular weight excluding hydrogens is 318 g/mol. The van der Waals surface area contributed by atoms with E-state index in [4.69, 9.17) is 10.8 Å². The number of hydrogen-bond donors (Lipinski definition) is 3. The average molecular weight is 338 g/mol. The molecule has 108 valence electrons. The Morgan fingerprint density at radius 3 is 3.00 bits per heavy atom. The molecule has 0 aliphatic rings. The lowest BCUT2D eigenvalue weighted by Gasteiger charge is -2.12.